The summed E-state index contributed by atoms with van der Waals surface area (Å²) in [6.07, 6.45) is 0.988. The third-order valence-electron chi connectivity index (χ3n) is 3.10. The molecule has 1 aromatic rings. The van der Waals surface area contributed by atoms with Crippen molar-refractivity contribution in [1.82, 2.24) is 5.32 Å². The van der Waals surface area contributed by atoms with Crippen LogP contribution in [0.25, 0.3) is 0 Å². The van der Waals surface area contributed by atoms with E-state index >= 15 is 0 Å². The number of carbonyl (C=O) groups excluding carboxylic acids is 1. The molecule has 104 valence electrons. The largest absolute Gasteiger partial charge is 0.465 e. The van der Waals surface area contributed by atoms with E-state index in [1.165, 1.54) is 10.5 Å². The van der Waals surface area contributed by atoms with Gasteiger partial charge in [-0.15, -0.1) is 11.8 Å². The molecule has 19 heavy (non-hydrogen) atoms. The zero-order valence-corrected chi connectivity index (χ0v) is 12.7. The lowest BCUT2D eigenvalue weighted by Gasteiger charge is -2.28. The first-order valence-electron chi connectivity index (χ1n) is 6.46. The molecular formula is C14H18ClNO2S. The molecule has 2 unspecified atom stereocenters. The van der Waals surface area contributed by atoms with Gasteiger partial charge in [0.2, 0.25) is 0 Å². The van der Waals surface area contributed by atoms with Crippen LogP contribution in [0.3, 0.4) is 0 Å². The standard InChI is InChI=1S/C14H18ClNO2S/c1-3-18-14(17)9(2)16-12-6-7-19-13-5-4-10(15)8-11(12)13/h4-5,8-9,12,16H,3,6-7H2,1-2H3. The maximum absolute atomic E-state index is 11.7. The minimum Gasteiger partial charge on any atom is -0.465 e. The van der Waals surface area contributed by atoms with Crippen molar-refractivity contribution in [1.29, 1.82) is 0 Å². The van der Waals surface area contributed by atoms with Crippen molar-refractivity contribution < 1.29 is 9.53 Å². The van der Waals surface area contributed by atoms with E-state index in [0.717, 1.165) is 17.2 Å². The Balaban J connectivity index is 2.11. The lowest BCUT2D eigenvalue weighted by molar-refractivity contribution is -0.145. The second-order valence-electron chi connectivity index (χ2n) is 4.51. The molecule has 1 heterocycles. The van der Waals surface area contributed by atoms with Crippen molar-refractivity contribution >= 4 is 29.3 Å². The summed E-state index contributed by atoms with van der Waals surface area (Å²) in [6.45, 7) is 4.06. The molecule has 1 aliphatic rings. The van der Waals surface area contributed by atoms with Gasteiger partial charge in [-0.25, -0.2) is 0 Å². The van der Waals surface area contributed by atoms with Gasteiger partial charge in [-0.2, -0.15) is 0 Å². The Morgan fingerprint density at radius 3 is 3.16 bits per heavy atom. The number of hydrogen-bond donors (Lipinski definition) is 1. The highest BCUT2D eigenvalue weighted by Crippen LogP contribution is 2.37. The minimum absolute atomic E-state index is 0.161. The fourth-order valence-electron chi connectivity index (χ4n) is 2.18. The Morgan fingerprint density at radius 1 is 1.63 bits per heavy atom. The molecule has 0 radical (unpaired) electrons. The van der Waals surface area contributed by atoms with Gasteiger partial charge in [-0.05, 0) is 49.8 Å². The summed E-state index contributed by atoms with van der Waals surface area (Å²) in [5, 5.41) is 4.07. The number of fused-ring (bicyclic) bond motifs is 1. The van der Waals surface area contributed by atoms with E-state index < -0.39 is 0 Å². The maximum Gasteiger partial charge on any atom is 0.322 e. The molecule has 1 aromatic carbocycles. The van der Waals surface area contributed by atoms with Crippen LogP contribution in [0.2, 0.25) is 5.02 Å². The van der Waals surface area contributed by atoms with Crippen LogP contribution < -0.4 is 5.32 Å². The van der Waals surface area contributed by atoms with E-state index in [2.05, 4.69) is 5.32 Å². The maximum atomic E-state index is 11.7. The van der Waals surface area contributed by atoms with Crippen LogP contribution in [0.4, 0.5) is 0 Å². The Bertz CT molecular complexity index is 467. The zero-order chi connectivity index (χ0) is 13.8. The van der Waals surface area contributed by atoms with Crippen molar-refractivity contribution in [2.24, 2.45) is 0 Å². The van der Waals surface area contributed by atoms with Crippen LogP contribution in [0, 0.1) is 0 Å². The van der Waals surface area contributed by atoms with Gasteiger partial charge < -0.3 is 4.74 Å². The van der Waals surface area contributed by atoms with Gasteiger partial charge in [0.15, 0.2) is 0 Å². The van der Waals surface area contributed by atoms with Crippen LogP contribution >= 0.6 is 23.4 Å². The van der Waals surface area contributed by atoms with Crippen LogP contribution in [-0.2, 0) is 9.53 Å². The van der Waals surface area contributed by atoms with Crippen LogP contribution in [-0.4, -0.2) is 24.4 Å². The number of halogens is 1. The molecule has 0 saturated heterocycles. The highest BCUT2D eigenvalue weighted by Gasteiger charge is 2.25. The molecule has 2 rings (SSSR count). The number of benzene rings is 1. The van der Waals surface area contributed by atoms with Gasteiger partial charge in [-0.1, -0.05) is 11.6 Å². The minimum atomic E-state index is -0.306. The Hall–Kier alpha value is -0.710. The molecule has 1 N–H and O–H groups in total. The summed E-state index contributed by atoms with van der Waals surface area (Å²) in [5.74, 6) is 0.839. The van der Waals surface area contributed by atoms with Crippen LogP contribution in [0.15, 0.2) is 23.1 Å². The van der Waals surface area contributed by atoms with Crippen molar-refractivity contribution in [3.05, 3.63) is 28.8 Å². The van der Waals surface area contributed by atoms with Crippen molar-refractivity contribution in [3.8, 4) is 0 Å². The molecule has 0 fully saturated rings. The van der Waals surface area contributed by atoms with Gasteiger partial charge >= 0.3 is 5.97 Å². The highest BCUT2D eigenvalue weighted by atomic mass is 35.5. The van der Waals surface area contributed by atoms with Crippen molar-refractivity contribution in [3.63, 3.8) is 0 Å². The number of esters is 1. The average Bonchev–Trinajstić information content (AvgIpc) is 2.39. The molecule has 0 aromatic heterocycles. The number of ether oxygens (including phenoxy) is 1. The van der Waals surface area contributed by atoms with Crippen LogP contribution in [0.1, 0.15) is 31.9 Å². The molecule has 1 aliphatic heterocycles. The number of carbonyl (C=O) groups is 1. The summed E-state index contributed by atoms with van der Waals surface area (Å²) >= 11 is 7.89. The number of nitrogens with one attached hydrogen (secondary N) is 1. The molecule has 0 saturated carbocycles. The number of thioether (sulfide) groups is 1. The monoisotopic (exact) mass is 299 g/mol. The van der Waals surface area contributed by atoms with Crippen LogP contribution in [0.5, 0.6) is 0 Å². The third kappa shape index (κ3) is 3.65. The first-order chi connectivity index (χ1) is 9.11. The predicted molar refractivity (Wildman–Crippen MR) is 78.8 cm³/mol. The first-order valence-corrected chi connectivity index (χ1v) is 7.83. The van der Waals surface area contributed by atoms with E-state index in [1.54, 1.807) is 0 Å². The van der Waals surface area contributed by atoms with Gasteiger partial charge in [0.1, 0.15) is 6.04 Å². The average molecular weight is 300 g/mol. The lowest BCUT2D eigenvalue weighted by Crippen LogP contribution is -2.39. The van der Waals surface area contributed by atoms with Gasteiger partial charge in [0.05, 0.1) is 6.61 Å². The SMILES string of the molecule is CCOC(=O)C(C)NC1CCSc2ccc(Cl)cc21. The number of hydrogen-bond acceptors (Lipinski definition) is 4. The molecule has 3 nitrogen and oxygen atoms in total. The highest BCUT2D eigenvalue weighted by molar-refractivity contribution is 7.99. The van der Waals surface area contributed by atoms with Gasteiger partial charge in [-0.3, -0.25) is 10.1 Å². The van der Waals surface area contributed by atoms with Crippen molar-refractivity contribution in [2.45, 2.75) is 37.2 Å². The molecule has 0 bridgehead atoms. The van der Waals surface area contributed by atoms with E-state index in [0.29, 0.717) is 6.61 Å². The first kappa shape index (κ1) is 14.7. The third-order valence-corrected chi connectivity index (χ3v) is 4.46. The summed E-state index contributed by atoms with van der Waals surface area (Å²) < 4.78 is 5.02. The number of rotatable bonds is 4. The Morgan fingerprint density at radius 2 is 2.42 bits per heavy atom. The summed E-state index contributed by atoms with van der Waals surface area (Å²) in [7, 11) is 0. The summed E-state index contributed by atoms with van der Waals surface area (Å²) in [5.41, 5.74) is 1.18. The summed E-state index contributed by atoms with van der Waals surface area (Å²) in [4.78, 5) is 12.9. The molecule has 0 aliphatic carbocycles. The Labute approximate surface area is 123 Å². The Kier molecular flexibility index (Phi) is 5.13. The lowest BCUT2D eigenvalue weighted by atomic mass is 10.0. The topological polar surface area (TPSA) is 38.3 Å². The fraction of sp³-hybridized carbons (Fsp3) is 0.500. The molecule has 0 amide bonds. The smallest absolute Gasteiger partial charge is 0.322 e. The van der Waals surface area contributed by atoms with E-state index in [4.69, 9.17) is 16.3 Å². The van der Waals surface area contributed by atoms with E-state index in [9.17, 15) is 4.79 Å². The quantitative estimate of drug-likeness (QED) is 0.865. The zero-order valence-electron chi connectivity index (χ0n) is 11.1. The molecular weight excluding hydrogens is 282 g/mol. The van der Waals surface area contributed by atoms with E-state index in [-0.39, 0.29) is 18.1 Å². The molecule has 0 spiro atoms. The second-order valence-corrected chi connectivity index (χ2v) is 6.09. The summed E-state index contributed by atoms with van der Waals surface area (Å²) in [6, 6.07) is 5.79. The normalized spacial score (nSPS) is 19.6. The van der Waals surface area contributed by atoms with Crippen molar-refractivity contribution in [2.75, 3.05) is 12.4 Å². The second kappa shape index (κ2) is 6.64. The predicted octanol–water partition coefficient (Wildman–Crippen LogP) is 3.42. The molecule has 5 heteroatoms. The van der Waals surface area contributed by atoms with E-state index in [1.807, 2.05) is 43.8 Å². The molecule has 2 atom stereocenters. The fourth-order valence-corrected chi connectivity index (χ4v) is 3.46. The van der Waals surface area contributed by atoms with Gasteiger partial charge in [0, 0.05) is 16.0 Å². The van der Waals surface area contributed by atoms with Gasteiger partial charge in [0.25, 0.3) is 0 Å².